The quantitative estimate of drug-likeness (QED) is 0.481. The molecule has 0 amide bonds. The number of ether oxygens (including phenoxy) is 2. The number of esters is 1. The van der Waals surface area contributed by atoms with Crippen molar-refractivity contribution in [3.05, 3.63) is 62.7 Å². The minimum Gasteiger partial charge on any atom is -0.507 e. The number of ketones is 1. The summed E-state index contributed by atoms with van der Waals surface area (Å²) in [7, 11) is 0. The Morgan fingerprint density at radius 3 is 2.26 bits per heavy atom. The first-order valence-electron chi connectivity index (χ1n) is 12.5. The highest BCUT2D eigenvalue weighted by atomic mass is 16.5. The number of phenolic OH excluding ortho intramolecular Hbond substituents is 1. The van der Waals surface area contributed by atoms with Crippen molar-refractivity contribution >= 4 is 17.8 Å². The molecule has 35 heavy (non-hydrogen) atoms. The fraction of sp³-hybridized carbons (Fsp3) is 0.467. The van der Waals surface area contributed by atoms with Crippen molar-refractivity contribution in [3.63, 3.8) is 0 Å². The third kappa shape index (κ3) is 6.33. The Hall–Kier alpha value is -3.08. The van der Waals surface area contributed by atoms with Crippen LogP contribution in [-0.2, 0) is 16.1 Å². The Morgan fingerprint density at radius 1 is 0.943 bits per heavy atom. The third-order valence-electron chi connectivity index (χ3n) is 7.36. The van der Waals surface area contributed by atoms with Crippen LogP contribution in [-0.4, -0.2) is 23.0 Å². The lowest BCUT2D eigenvalue weighted by Crippen LogP contribution is -2.17. The molecule has 0 fully saturated rings. The summed E-state index contributed by atoms with van der Waals surface area (Å²) in [6, 6.07) is 3.26. The molecule has 0 aliphatic carbocycles. The van der Waals surface area contributed by atoms with Crippen LogP contribution in [0.5, 0.6) is 11.5 Å². The van der Waals surface area contributed by atoms with E-state index in [1.165, 1.54) is 33.9 Å². The summed E-state index contributed by atoms with van der Waals surface area (Å²) in [5.74, 6) is -0.00000119. The molecule has 1 atom stereocenters. The second-order valence-corrected chi connectivity index (χ2v) is 9.74. The van der Waals surface area contributed by atoms with Gasteiger partial charge in [-0.05, 0) is 112 Å². The molecule has 1 aliphatic rings. The lowest BCUT2D eigenvalue weighted by molar-refractivity contribution is -0.119. The molecule has 188 valence electrons. The van der Waals surface area contributed by atoms with E-state index < -0.39 is 5.97 Å². The van der Waals surface area contributed by atoms with Crippen LogP contribution in [0.4, 0.5) is 0 Å². The first-order valence-corrected chi connectivity index (χ1v) is 12.5. The van der Waals surface area contributed by atoms with Gasteiger partial charge in [0.05, 0.1) is 6.10 Å². The molecule has 0 radical (unpaired) electrons. The molecule has 0 saturated carbocycles. The van der Waals surface area contributed by atoms with Crippen molar-refractivity contribution in [2.45, 2.75) is 92.8 Å². The molecule has 0 bridgehead atoms. The maximum absolute atomic E-state index is 12.9. The summed E-state index contributed by atoms with van der Waals surface area (Å²) >= 11 is 0. The Labute approximate surface area is 209 Å². The molecule has 0 spiro atoms. The van der Waals surface area contributed by atoms with Crippen LogP contribution in [0.3, 0.4) is 0 Å². The molecule has 1 heterocycles. The molecule has 2 aromatic rings. The number of aromatic hydroxyl groups is 1. The number of phenols is 1. The average molecular weight is 479 g/mol. The van der Waals surface area contributed by atoms with Crippen LogP contribution in [0.1, 0.15) is 94.8 Å². The molecular formula is C30H38O5. The van der Waals surface area contributed by atoms with E-state index in [0.29, 0.717) is 50.0 Å². The first-order chi connectivity index (χ1) is 16.6. The number of hydrogen-bond donors (Lipinski definition) is 1. The highest BCUT2D eigenvalue weighted by Gasteiger charge is 2.22. The van der Waals surface area contributed by atoms with Crippen molar-refractivity contribution < 1.29 is 24.2 Å². The van der Waals surface area contributed by atoms with Crippen LogP contribution in [0.15, 0.2) is 18.2 Å². The maximum atomic E-state index is 12.9. The largest absolute Gasteiger partial charge is 0.507 e. The summed E-state index contributed by atoms with van der Waals surface area (Å²) in [4.78, 5) is 25.0. The summed E-state index contributed by atoms with van der Waals surface area (Å²) in [5.41, 5.74) is 8.06. The van der Waals surface area contributed by atoms with Gasteiger partial charge in [-0.1, -0.05) is 12.2 Å². The van der Waals surface area contributed by atoms with Crippen molar-refractivity contribution in [2.24, 2.45) is 0 Å². The standard InChI is InChI=1S/C30H38O5/c1-18-11-10-14-25(31)13-9-7-8-12-24-15-26(16-28(32)29(24)30(33)35-18)34-17-27-22(5)20(3)19(2)21(4)23(27)6/h8,12,15-16,18,32H,7,9-11,13-14,17H2,1-6H3/b12-8+/t18-/m0/s1. The number of carbonyl (C=O) groups is 2. The molecule has 5 nitrogen and oxygen atoms in total. The van der Waals surface area contributed by atoms with Gasteiger partial charge in [-0.25, -0.2) is 4.79 Å². The van der Waals surface area contributed by atoms with Crippen LogP contribution in [0.2, 0.25) is 0 Å². The van der Waals surface area contributed by atoms with E-state index in [-0.39, 0.29) is 23.2 Å². The van der Waals surface area contributed by atoms with E-state index in [2.05, 4.69) is 34.6 Å². The van der Waals surface area contributed by atoms with Gasteiger partial charge in [0, 0.05) is 18.9 Å². The Balaban J connectivity index is 1.92. The number of hydrogen-bond acceptors (Lipinski definition) is 5. The summed E-state index contributed by atoms with van der Waals surface area (Å²) in [6.07, 6.45) is 7.22. The van der Waals surface area contributed by atoms with Crippen molar-refractivity contribution in [1.82, 2.24) is 0 Å². The van der Waals surface area contributed by atoms with Gasteiger partial charge < -0.3 is 14.6 Å². The minimum atomic E-state index is -0.568. The van der Waals surface area contributed by atoms with E-state index >= 15 is 0 Å². The van der Waals surface area contributed by atoms with Crippen molar-refractivity contribution in [2.75, 3.05) is 0 Å². The normalized spacial score (nSPS) is 18.4. The maximum Gasteiger partial charge on any atom is 0.342 e. The highest BCUT2D eigenvalue weighted by Crippen LogP contribution is 2.32. The Morgan fingerprint density at radius 2 is 1.57 bits per heavy atom. The van der Waals surface area contributed by atoms with Crippen LogP contribution < -0.4 is 4.74 Å². The predicted octanol–water partition coefficient (Wildman–Crippen LogP) is 7.00. The fourth-order valence-electron chi connectivity index (χ4n) is 4.65. The van der Waals surface area contributed by atoms with E-state index in [1.807, 2.05) is 13.0 Å². The number of benzene rings is 2. The van der Waals surface area contributed by atoms with E-state index in [1.54, 1.807) is 12.1 Å². The average Bonchev–Trinajstić information content (AvgIpc) is 2.80. The lowest BCUT2D eigenvalue weighted by Gasteiger charge is -2.20. The third-order valence-corrected chi connectivity index (χ3v) is 7.36. The summed E-state index contributed by atoms with van der Waals surface area (Å²) < 4.78 is 11.7. The molecule has 1 N–H and O–H groups in total. The van der Waals surface area contributed by atoms with Gasteiger partial charge in [0.1, 0.15) is 29.5 Å². The van der Waals surface area contributed by atoms with Crippen molar-refractivity contribution in [1.29, 1.82) is 0 Å². The molecule has 0 aromatic heterocycles. The van der Waals surface area contributed by atoms with Crippen LogP contribution >= 0.6 is 0 Å². The summed E-state index contributed by atoms with van der Waals surface area (Å²) in [5, 5.41) is 10.8. The zero-order valence-corrected chi connectivity index (χ0v) is 21.9. The van der Waals surface area contributed by atoms with Crippen LogP contribution in [0.25, 0.3) is 6.08 Å². The minimum absolute atomic E-state index is 0.142. The second kappa shape index (κ2) is 11.6. The Kier molecular flexibility index (Phi) is 8.76. The number of fused-ring (bicyclic) bond motifs is 1. The number of allylic oxidation sites excluding steroid dienone is 1. The van der Waals surface area contributed by atoms with E-state index in [0.717, 1.165) is 12.0 Å². The van der Waals surface area contributed by atoms with Crippen molar-refractivity contribution in [3.8, 4) is 11.5 Å². The molecule has 2 aromatic carbocycles. The number of carbonyl (C=O) groups excluding carboxylic acids is 2. The summed E-state index contributed by atoms with van der Waals surface area (Å²) in [6.45, 7) is 12.8. The zero-order valence-electron chi connectivity index (χ0n) is 21.9. The van der Waals surface area contributed by atoms with E-state index in [4.69, 9.17) is 9.47 Å². The molecular weight excluding hydrogens is 440 g/mol. The lowest BCUT2D eigenvalue weighted by atomic mass is 9.90. The molecule has 5 heteroatoms. The number of cyclic esters (lactones) is 1. The van der Waals surface area contributed by atoms with Gasteiger partial charge in [0.2, 0.25) is 0 Å². The molecule has 0 saturated heterocycles. The van der Waals surface area contributed by atoms with Crippen LogP contribution in [0, 0.1) is 34.6 Å². The molecule has 1 aliphatic heterocycles. The SMILES string of the molecule is Cc1c(C)c(C)c(COc2cc(O)c3c(c2)/C=C/CCCC(=O)CCC[C@H](C)OC3=O)c(C)c1C. The Bertz CT molecular complexity index is 1110. The number of rotatable bonds is 3. The molecule has 3 rings (SSSR count). The van der Waals surface area contributed by atoms with Gasteiger partial charge >= 0.3 is 5.97 Å². The fourth-order valence-corrected chi connectivity index (χ4v) is 4.65. The van der Waals surface area contributed by atoms with Gasteiger partial charge in [0.15, 0.2) is 0 Å². The van der Waals surface area contributed by atoms with Gasteiger partial charge in [-0.2, -0.15) is 0 Å². The smallest absolute Gasteiger partial charge is 0.342 e. The first kappa shape index (κ1) is 26.5. The topological polar surface area (TPSA) is 72.8 Å². The number of Topliss-reactive ketones (excluding diaryl/α,β-unsaturated/α-hetero) is 1. The monoisotopic (exact) mass is 478 g/mol. The van der Waals surface area contributed by atoms with E-state index in [9.17, 15) is 14.7 Å². The van der Waals surface area contributed by atoms with Gasteiger partial charge in [-0.15, -0.1) is 0 Å². The predicted molar refractivity (Wildman–Crippen MR) is 139 cm³/mol. The second-order valence-electron chi connectivity index (χ2n) is 9.74. The highest BCUT2D eigenvalue weighted by molar-refractivity contribution is 5.97. The zero-order chi connectivity index (χ0) is 25.7. The van der Waals surface area contributed by atoms with Gasteiger partial charge in [0.25, 0.3) is 0 Å². The van der Waals surface area contributed by atoms with Gasteiger partial charge in [-0.3, -0.25) is 4.79 Å². The molecule has 0 unspecified atom stereocenters.